The molecule has 2 heterocycles. The molecule has 0 aliphatic carbocycles. The smallest absolute Gasteiger partial charge is 0.442 e. The van der Waals surface area contributed by atoms with Gasteiger partial charge >= 0.3 is 6.09 Å². The molecule has 0 spiro atoms. The molecule has 0 aliphatic rings. The van der Waals surface area contributed by atoms with Gasteiger partial charge < -0.3 is 15.4 Å². The number of ether oxygens (including phenoxy) is 1. The Kier molecular flexibility index (Phi) is 7.59. The highest BCUT2D eigenvalue weighted by atomic mass is 32.2. The number of nitrogens with zero attached hydrogens (tertiary/aromatic N) is 3. The van der Waals surface area contributed by atoms with Crippen LogP contribution in [0.2, 0.25) is 0 Å². The zero-order chi connectivity index (χ0) is 22.3. The number of anilines is 3. The summed E-state index contributed by atoms with van der Waals surface area (Å²) in [5.74, 6) is 1.21. The quantitative estimate of drug-likeness (QED) is 0.465. The molecule has 2 N–H and O–H groups in total. The molecule has 1 unspecified atom stereocenters. The maximum atomic E-state index is 12.7. The third kappa shape index (κ3) is 6.02. The minimum atomic E-state index is -2.89. The Hall–Kier alpha value is -2.98. The highest BCUT2D eigenvalue weighted by Gasteiger charge is 2.12. The van der Waals surface area contributed by atoms with Gasteiger partial charge in [-0.15, -0.1) is 15.7 Å². The number of thiophene rings is 1. The monoisotopic (exact) mass is 459 g/mol. The molecular weight excluding hydrogens is 434 g/mol. The first kappa shape index (κ1) is 22.7. The topological polar surface area (TPSA) is 106 Å². The van der Waals surface area contributed by atoms with Gasteiger partial charge in [0.15, 0.2) is 0 Å². The van der Waals surface area contributed by atoms with E-state index in [0.29, 0.717) is 10.8 Å². The lowest BCUT2D eigenvalue weighted by atomic mass is 10.2. The Morgan fingerprint density at radius 1 is 1.23 bits per heavy atom. The molecule has 1 atom stereocenters. The van der Waals surface area contributed by atoms with Crippen molar-refractivity contribution in [3.05, 3.63) is 48.0 Å². The van der Waals surface area contributed by atoms with Crippen LogP contribution in [0.15, 0.2) is 57.2 Å². The standard InChI is InChI=1S/C21H25N5O3S2/c1-4-12-22-19-17(18-7-6-13-30-18)14-23-20(25-19)24-15-8-10-16(11-9-15)31(3,28)26-21(27)29-5-2/h6-11,13-14H,4-5,12H2,1-3H3,(H2,22,23,24,25). The molecule has 0 saturated heterocycles. The van der Waals surface area contributed by atoms with Crippen LogP contribution in [0.5, 0.6) is 0 Å². The summed E-state index contributed by atoms with van der Waals surface area (Å²) in [6.45, 7) is 4.75. The Balaban J connectivity index is 1.81. The molecule has 164 valence electrons. The van der Waals surface area contributed by atoms with Crippen molar-refractivity contribution in [2.45, 2.75) is 25.2 Å². The molecular formula is C21H25N5O3S2. The van der Waals surface area contributed by atoms with E-state index in [4.69, 9.17) is 4.74 Å². The normalized spacial score (nSPS) is 12.6. The van der Waals surface area contributed by atoms with Crippen molar-refractivity contribution >= 4 is 44.6 Å². The fraction of sp³-hybridized carbons (Fsp3) is 0.286. The minimum Gasteiger partial charge on any atom is -0.448 e. The molecule has 31 heavy (non-hydrogen) atoms. The van der Waals surface area contributed by atoms with E-state index in [-0.39, 0.29) is 6.61 Å². The number of hydrogen-bond acceptors (Lipinski definition) is 8. The SMILES string of the molecule is CCCNc1nc(Nc2ccc(S(C)(=O)=NC(=O)OCC)cc2)ncc1-c1cccs1. The van der Waals surface area contributed by atoms with Crippen LogP contribution in [0.25, 0.3) is 10.4 Å². The number of aromatic nitrogens is 2. The van der Waals surface area contributed by atoms with Gasteiger partial charge in [0.2, 0.25) is 5.95 Å². The van der Waals surface area contributed by atoms with Crippen molar-refractivity contribution in [1.82, 2.24) is 9.97 Å². The Morgan fingerprint density at radius 3 is 2.65 bits per heavy atom. The summed E-state index contributed by atoms with van der Waals surface area (Å²) >= 11 is 1.63. The van der Waals surface area contributed by atoms with E-state index in [9.17, 15) is 9.00 Å². The van der Waals surface area contributed by atoms with Gasteiger partial charge in [-0.05, 0) is 49.1 Å². The number of carbonyl (C=O) groups is 1. The number of nitrogens with one attached hydrogen (secondary N) is 2. The predicted octanol–water partition coefficient (Wildman–Crippen LogP) is 5.38. The van der Waals surface area contributed by atoms with E-state index in [2.05, 4.69) is 31.9 Å². The maximum absolute atomic E-state index is 12.7. The molecule has 10 heteroatoms. The maximum Gasteiger partial charge on any atom is 0.442 e. The van der Waals surface area contributed by atoms with Gasteiger partial charge in [0, 0.05) is 34.5 Å². The third-order valence-electron chi connectivity index (χ3n) is 4.18. The van der Waals surface area contributed by atoms with Crippen molar-refractivity contribution < 1.29 is 13.7 Å². The van der Waals surface area contributed by atoms with E-state index in [1.807, 2.05) is 17.5 Å². The second kappa shape index (κ2) is 10.4. The molecule has 2 aromatic heterocycles. The van der Waals surface area contributed by atoms with Crippen LogP contribution in [0.3, 0.4) is 0 Å². The summed E-state index contributed by atoms with van der Waals surface area (Å²) in [5.41, 5.74) is 1.68. The van der Waals surface area contributed by atoms with E-state index in [1.54, 1.807) is 48.7 Å². The molecule has 3 aromatic rings. The fourth-order valence-electron chi connectivity index (χ4n) is 2.70. The fourth-order valence-corrected chi connectivity index (χ4v) is 4.52. The first-order chi connectivity index (χ1) is 14.9. The number of benzene rings is 1. The van der Waals surface area contributed by atoms with Crippen LogP contribution < -0.4 is 10.6 Å². The lowest BCUT2D eigenvalue weighted by molar-refractivity contribution is 0.164. The second-order valence-electron chi connectivity index (χ2n) is 6.60. The first-order valence-corrected chi connectivity index (χ1v) is 12.6. The average molecular weight is 460 g/mol. The summed E-state index contributed by atoms with van der Waals surface area (Å²) in [6.07, 6.45) is 3.35. The molecule has 0 fully saturated rings. The molecule has 0 bridgehead atoms. The molecule has 0 radical (unpaired) electrons. The number of carbonyl (C=O) groups excluding carboxylic acids is 1. The summed E-state index contributed by atoms with van der Waals surface area (Å²) in [4.78, 5) is 22.2. The minimum absolute atomic E-state index is 0.182. The van der Waals surface area contributed by atoms with Crippen LogP contribution in [0, 0.1) is 0 Å². The van der Waals surface area contributed by atoms with Crippen LogP contribution in [0.1, 0.15) is 20.3 Å². The van der Waals surface area contributed by atoms with Gasteiger partial charge in [-0.1, -0.05) is 13.0 Å². The van der Waals surface area contributed by atoms with Crippen molar-refractivity contribution in [2.75, 3.05) is 30.0 Å². The van der Waals surface area contributed by atoms with Gasteiger partial charge in [-0.25, -0.2) is 14.0 Å². The first-order valence-electron chi connectivity index (χ1n) is 9.83. The Morgan fingerprint density at radius 2 is 2.00 bits per heavy atom. The van der Waals surface area contributed by atoms with Crippen molar-refractivity contribution in [3.8, 4) is 10.4 Å². The van der Waals surface area contributed by atoms with Crippen LogP contribution in [-0.4, -0.2) is 39.7 Å². The number of amides is 1. The summed E-state index contributed by atoms with van der Waals surface area (Å²) < 4.78 is 21.1. The molecule has 1 amide bonds. The van der Waals surface area contributed by atoms with Gasteiger partial charge in [-0.3, -0.25) is 0 Å². The third-order valence-corrected chi connectivity index (χ3v) is 6.73. The highest BCUT2D eigenvalue weighted by Crippen LogP contribution is 2.31. The lowest BCUT2D eigenvalue weighted by Gasteiger charge is -2.12. The Bertz CT molecular complexity index is 1140. The van der Waals surface area contributed by atoms with Crippen LogP contribution in [-0.2, 0) is 14.5 Å². The summed E-state index contributed by atoms with van der Waals surface area (Å²) in [5, 5.41) is 8.54. The number of hydrogen-bond donors (Lipinski definition) is 2. The predicted molar refractivity (Wildman–Crippen MR) is 126 cm³/mol. The van der Waals surface area contributed by atoms with Crippen LogP contribution in [0.4, 0.5) is 22.2 Å². The molecule has 3 rings (SSSR count). The zero-order valence-electron chi connectivity index (χ0n) is 17.6. The molecule has 0 saturated carbocycles. The lowest BCUT2D eigenvalue weighted by Crippen LogP contribution is -2.07. The van der Waals surface area contributed by atoms with Gasteiger partial charge in [-0.2, -0.15) is 4.98 Å². The largest absolute Gasteiger partial charge is 0.448 e. The van der Waals surface area contributed by atoms with Crippen LogP contribution >= 0.6 is 11.3 Å². The van der Waals surface area contributed by atoms with Gasteiger partial charge in [0.25, 0.3) is 0 Å². The van der Waals surface area contributed by atoms with Crippen molar-refractivity contribution in [1.29, 1.82) is 0 Å². The summed E-state index contributed by atoms with van der Waals surface area (Å²) in [6, 6.07) is 10.8. The van der Waals surface area contributed by atoms with Gasteiger partial charge in [0.05, 0.1) is 21.9 Å². The average Bonchev–Trinajstić information content (AvgIpc) is 3.27. The van der Waals surface area contributed by atoms with Crippen molar-refractivity contribution in [3.63, 3.8) is 0 Å². The van der Waals surface area contributed by atoms with E-state index < -0.39 is 15.8 Å². The summed E-state index contributed by atoms with van der Waals surface area (Å²) in [7, 11) is -2.89. The number of rotatable bonds is 8. The van der Waals surface area contributed by atoms with Gasteiger partial charge in [0.1, 0.15) is 5.82 Å². The van der Waals surface area contributed by atoms with E-state index in [0.717, 1.165) is 34.9 Å². The van der Waals surface area contributed by atoms with Crippen molar-refractivity contribution in [2.24, 2.45) is 4.36 Å². The van der Waals surface area contributed by atoms with E-state index >= 15 is 0 Å². The molecule has 1 aromatic carbocycles. The van der Waals surface area contributed by atoms with E-state index in [1.165, 1.54) is 6.26 Å². The Labute approximate surface area is 186 Å². The molecule has 8 nitrogen and oxygen atoms in total. The zero-order valence-corrected chi connectivity index (χ0v) is 19.3. The molecule has 0 aliphatic heterocycles. The second-order valence-corrected chi connectivity index (χ2v) is 9.81. The highest BCUT2D eigenvalue weighted by molar-refractivity contribution is 7.93.